The normalized spacial score (nSPS) is 14.5. The molecule has 0 unspecified atom stereocenters. The van der Waals surface area contributed by atoms with Gasteiger partial charge < -0.3 is 9.80 Å². The molecule has 2 aromatic carbocycles. The molecular formula is C23H23BrN6. The molecule has 3 heterocycles. The third-order valence-electron chi connectivity index (χ3n) is 5.64. The zero-order valence-electron chi connectivity index (χ0n) is 16.9. The Kier molecular flexibility index (Phi) is 5.12. The lowest BCUT2D eigenvalue weighted by molar-refractivity contribution is 0.648. The molecule has 1 aliphatic rings. The van der Waals surface area contributed by atoms with Gasteiger partial charge in [0.1, 0.15) is 12.1 Å². The quantitative estimate of drug-likeness (QED) is 0.453. The second-order valence-corrected chi connectivity index (χ2v) is 8.59. The van der Waals surface area contributed by atoms with Crippen LogP contribution in [0, 0.1) is 6.92 Å². The van der Waals surface area contributed by atoms with Crippen LogP contribution in [0.25, 0.3) is 11.0 Å². The molecule has 7 heteroatoms. The minimum Gasteiger partial charge on any atom is -0.368 e. The van der Waals surface area contributed by atoms with Crippen LogP contribution >= 0.6 is 15.9 Å². The van der Waals surface area contributed by atoms with Crippen molar-refractivity contribution in [2.45, 2.75) is 13.5 Å². The van der Waals surface area contributed by atoms with Crippen molar-refractivity contribution in [3.05, 3.63) is 76.7 Å². The molecule has 6 nitrogen and oxygen atoms in total. The molecule has 0 spiro atoms. The average Bonchev–Trinajstić information content (AvgIpc) is 3.19. The number of anilines is 2. The Morgan fingerprint density at radius 2 is 1.57 bits per heavy atom. The van der Waals surface area contributed by atoms with Crippen molar-refractivity contribution >= 4 is 38.5 Å². The van der Waals surface area contributed by atoms with Gasteiger partial charge in [-0.2, -0.15) is 5.10 Å². The fourth-order valence-electron chi connectivity index (χ4n) is 3.94. The molecule has 1 fully saturated rings. The van der Waals surface area contributed by atoms with E-state index >= 15 is 0 Å². The van der Waals surface area contributed by atoms with Gasteiger partial charge in [0, 0.05) is 36.3 Å². The number of benzene rings is 2. The van der Waals surface area contributed by atoms with Crippen molar-refractivity contribution in [1.29, 1.82) is 0 Å². The van der Waals surface area contributed by atoms with E-state index in [-0.39, 0.29) is 0 Å². The van der Waals surface area contributed by atoms with E-state index in [0.29, 0.717) is 6.54 Å². The predicted molar refractivity (Wildman–Crippen MR) is 124 cm³/mol. The van der Waals surface area contributed by atoms with Gasteiger partial charge in [0.2, 0.25) is 0 Å². The maximum Gasteiger partial charge on any atom is 0.163 e. The Labute approximate surface area is 184 Å². The summed E-state index contributed by atoms with van der Waals surface area (Å²) in [7, 11) is 0. The van der Waals surface area contributed by atoms with E-state index in [2.05, 4.69) is 96.3 Å². The molecule has 1 aliphatic heterocycles. The van der Waals surface area contributed by atoms with Crippen LogP contribution in [0.3, 0.4) is 0 Å². The molecule has 4 aromatic rings. The minimum atomic E-state index is 0.689. The summed E-state index contributed by atoms with van der Waals surface area (Å²) < 4.78 is 3.03. The van der Waals surface area contributed by atoms with Crippen molar-refractivity contribution in [3.8, 4) is 0 Å². The van der Waals surface area contributed by atoms with E-state index in [9.17, 15) is 0 Å². The number of fused-ring (bicyclic) bond motifs is 1. The Morgan fingerprint density at radius 1 is 0.867 bits per heavy atom. The third-order valence-corrected chi connectivity index (χ3v) is 6.17. The van der Waals surface area contributed by atoms with Crippen molar-refractivity contribution in [2.75, 3.05) is 36.0 Å². The molecule has 1 saturated heterocycles. The molecule has 0 aliphatic carbocycles. The van der Waals surface area contributed by atoms with Gasteiger partial charge in [-0.15, -0.1) is 0 Å². The van der Waals surface area contributed by atoms with Crippen molar-refractivity contribution in [2.24, 2.45) is 0 Å². The van der Waals surface area contributed by atoms with Crippen LogP contribution in [-0.4, -0.2) is 45.9 Å². The SMILES string of the molecule is Cc1ccc(N2CCN(c3ncnc4c3cnn4Cc3ccc(Br)cc3)CC2)cc1. The molecule has 0 atom stereocenters. The van der Waals surface area contributed by atoms with Crippen molar-refractivity contribution in [1.82, 2.24) is 19.7 Å². The standard InChI is InChI=1S/C23H23BrN6/c1-17-2-8-20(9-3-17)28-10-12-29(13-11-28)22-21-14-27-30(23(21)26-16-25-22)15-18-4-6-19(24)7-5-18/h2-9,14,16H,10-13,15H2,1H3. The number of nitrogens with zero attached hydrogens (tertiary/aromatic N) is 6. The number of aryl methyl sites for hydroxylation is 1. The predicted octanol–water partition coefficient (Wildman–Crippen LogP) is 4.27. The zero-order valence-corrected chi connectivity index (χ0v) is 18.5. The average molecular weight is 463 g/mol. The van der Waals surface area contributed by atoms with Gasteiger partial charge in [-0.25, -0.2) is 14.6 Å². The highest BCUT2D eigenvalue weighted by molar-refractivity contribution is 9.10. The monoisotopic (exact) mass is 462 g/mol. The minimum absolute atomic E-state index is 0.689. The highest BCUT2D eigenvalue weighted by atomic mass is 79.9. The van der Waals surface area contributed by atoms with Crippen LogP contribution in [0.4, 0.5) is 11.5 Å². The first-order chi connectivity index (χ1) is 14.7. The first-order valence-electron chi connectivity index (χ1n) is 10.1. The number of piperazine rings is 1. The summed E-state index contributed by atoms with van der Waals surface area (Å²) >= 11 is 3.49. The Hall–Kier alpha value is -2.93. The van der Waals surface area contributed by atoms with Crippen LogP contribution in [0.1, 0.15) is 11.1 Å². The van der Waals surface area contributed by atoms with E-state index in [1.54, 1.807) is 6.33 Å². The fourth-order valence-corrected chi connectivity index (χ4v) is 4.21. The van der Waals surface area contributed by atoms with Crippen LogP contribution in [0.2, 0.25) is 0 Å². The number of halogens is 1. The molecule has 0 amide bonds. The Morgan fingerprint density at radius 3 is 2.30 bits per heavy atom. The van der Waals surface area contributed by atoms with E-state index < -0.39 is 0 Å². The number of hydrogen-bond acceptors (Lipinski definition) is 5. The molecule has 5 rings (SSSR count). The topological polar surface area (TPSA) is 50.1 Å². The fraction of sp³-hybridized carbons (Fsp3) is 0.261. The molecule has 0 saturated carbocycles. The molecule has 0 N–H and O–H groups in total. The summed E-state index contributed by atoms with van der Waals surface area (Å²) in [4.78, 5) is 13.9. The van der Waals surface area contributed by atoms with Gasteiger partial charge in [0.15, 0.2) is 5.65 Å². The van der Waals surface area contributed by atoms with Gasteiger partial charge in [-0.3, -0.25) is 0 Å². The van der Waals surface area contributed by atoms with Crippen molar-refractivity contribution < 1.29 is 0 Å². The van der Waals surface area contributed by atoms with Gasteiger partial charge in [-0.1, -0.05) is 45.8 Å². The van der Waals surface area contributed by atoms with Gasteiger partial charge in [0.05, 0.1) is 18.1 Å². The molecule has 0 bridgehead atoms. The molecular weight excluding hydrogens is 440 g/mol. The largest absolute Gasteiger partial charge is 0.368 e. The summed E-state index contributed by atoms with van der Waals surface area (Å²) in [5.41, 5.74) is 4.65. The van der Waals surface area contributed by atoms with Crippen LogP contribution in [0.15, 0.2) is 65.5 Å². The van der Waals surface area contributed by atoms with Gasteiger partial charge in [-0.05, 0) is 36.8 Å². The first kappa shape index (κ1) is 19.1. The van der Waals surface area contributed by atoms with E-state index in [0.717, 1.165) is 47.5 Å². The van der Waals surface area contributed by atoms with Crippen molar-refractivity contribution in [3.63, 3.8) is 0 Å². The summed E-state index contributed by atoms with van der Waals surface area (Å²) in [6.07, 6.45) is 3.56. The molecule has 152 valence electrons. The maximum absolute atomic E-state index is 4.61. The smallest absolute Gasteiger partial charge is 0.163 e. The lowest BCUT2D eigenvalue weighted by Gasteiger charge is -2.36. The summed E-state index contributed by atoms with van der Waals surface area (Å²) in [5, 5.41) is 5.62. The van der Waals surface area contributed by atoms with Crippen LogP contribution in [0.5, 0.6) is 0 Å². The first-order valence-corrected chi connectivity index (χ1v) is 10.9. The zero-order chi connectivity index (χ0) is 20.5. The van der Waals surface area contributed by atoms with Gasteiger partial charge >= 0.3 is 0 Å². The Balaban J connectivity index is 1.34. The van der Waals surface area contributed by atoms with Crippen LogP contribution in [-0.2, 0) is 6.54 Å². The second-order valence-electron chi connectivity index (χ2n) is 7.67. The number of aromatic nitrogens is 4. The lowest BCUT2D eigenvalue weighted by Crippen LogP contribution is -2.46. The number of hydrogen-bond donors (Lipinski definition) is 0. The highest BCUT2D eigenvalue weighted by Crippen LogP contribution is 2.26. The Bertz CT molecular complexity index is 1140. The molecule has 2 aromatic heterocycles. The maximum atomic E-state index is 4.61. The molecule has 0 radical (unpaired) electrons. The number of rotatable bonds is 4. The van der Waals surface area contributed by atoms with Gasteiger partial charge in [0.25, 0.3) is 0 Å². The summed E-state index contributed by atoms with van der Waals surface area (Å²) in [5.74, 6) is 0.977. The van der Waals surface area contributed by atoms with E-state index in [1.807, 2.05) is 10.9 Å². The summed E-state index contributed by atoms with van der Waals surface area (Å²) in [6, 6.07) is 17.1. The summed E-state index contributed by atoms with van der Waals surface area (Å²) in [6.45, 7) is 6.62. The third kappa shape index (κ3) is 3.77. The second kappa shape index (κ2) is 8.07. The van der Waals surface area contributed by atoms with E-state index in [1.165, 1.54) is 16.8 Å². The lowest BCUT2D eigenvalue weighted by atomic mass is 10.2. The highest BCUT2D eigenvalue weighted by Gasteiger charge is 2.21. The molecule has 30 heavy (non-hydrogen) atoms. The van der Waals surface area contributed by atoms with Crippen LogP contribution < -0.4 is 9.80 Å². The van der Waals surface area contributed by atoms with E-state index in [4.69, 9.17) is 0 Å².